The lowest BCUT2D eigenvalue weighted by Crippen LogP contribution is -2.53. The Kier molecular flexibility index (Phi) is 3.96. The molecule has 1 saturated heterocycles. The van der Waals surface area contributed by atoms with Gasteiger partial charge in [0.2, 0.25) is 0 Å². The minimum atomic E-state index is -0.356. The van der Waals surface area contributed by atoms with Gasteiger partial charge in [-0.05, 0) is 86.9 Å². The van der Waals surface area contributed by atoms with E-state index in [9.17, 15) is 5.11 Å². The third-order valence-corrected chi connectivity index (χ3v) is 9.57. The smallest absolute Gasteiger partial charge is 0.169 e. The molecule has 3 saturated carbocycles. The molecule has 0 aromatic carbocycles. The normalized spacial score (nSPS) is 52.8. The maximum Gasteiger partial charge on any atom is 0.169 e. The molecule has 146 valence electrons. The summed E-state index contributed by atoms with van der Waals surface area (Å²) in [4.78, 5) is 0. The molecule has 3 nitrogen and oxygen atoms in total. The van der Waals surface area contributed by atoms with E-state index in [1.165, 1.54) is 38.5 Å². The third kappa shape index (κ3) is 2.29. The molecule has 0 radical (unpaired) electrons. The molecule has 4 aliphatic carbocycles. The van der Waals surface area contributed by atoms with Crippen molar-refractivity contribution in [3.8, 4) is 0 Å². The number of hydrogen-bond donors (Lipinski definition) is 1. The lowest BCUT2D eigenvalue weighted by atomic mass is 9.47. The van der Waals surface area contributed by atoms with Gasteiger partial charge < -0.3 is 14.6 Å². The predicted octanol–water partition coefficient (Wildman–Crippen LogP) is 4.69. The predicted molar refractivity (Wildman–Crippen MR) is 102 cm³/mol. The molecule has 0 spiro atoms. The lowest BCUT2D eigenvalue weighted by molar-refractivity contribution is -0.214. The number of hydrogen-bond acceptors (Lipinski definition) is 3. The minimum absolute atomic E-state index is 0.104. The summed E-state index contributed by atoms with van der Waals surface area (Å²) >= 11 is 0. The molecular formula is C23H36O3. The number of allylic oxidation sites excluding steroid dienone is 1. The molecule has 5 aliphatic rings. The Hall–Kier alpha value is -0.380. The SMILES string of the molecule is CC1([C@@H]2CC[C@@H]3[C@H]4CC=C5C[C@H](O)CC[C@]5(C)[C@@H]4CC[C@]32C)OCCO1. The Balaban J connectivity index is 1.45. The van der Waals surface area contributed by atoms with Crippen LogP contribution in [0.3, 0.4) is 0 Å². The summed E-state index contributed by atoms with van der Waals surface area (Å²) < 4.78 is 12.3. The highest BCUT2D eigenvalue weighted by Crippen LogP contribution is 2.68. The van der Waals surface area contributed by atoms with Crippen molar-refractivity contribution in [2.75, 3.05) is 13.2 Å². The number of ether oxygens (including phenoxy) is 2. The van der Waals surface area contributed by atoms with Crippen LogP contribution in [0, 0.1) is 34.5 Å². The summed E-state index contributed by atoms with van der Waals surface area (Å²) in [5.74, 6) is 2.61. The Morgan fingerprint density at radius 3 is 2.50 bits per heavy atom. The Labute approximate surface area is 158 Å². The van der Waals surface area contributed by atoms with Crippen LogP contribution in [0.15, 0.2) is 11.6 Å². The highest BCUT2D eigenvalue weighted by Gasteiger charge is 2.62. The minimum Gasteiger partial charge on any atom is -0.393 e. The monoisotopic (exact) mass is 360 g/mol. The second-order valence-electron chi connectivity index (χ2n) is 10.5. The molecular weight excluding hydrogens is 324 g/mol. The van der Waals surface area contributed by atoms with Crippen molar-refractivity contribution in [3.05, 3.63) is 11.6 Å². The van der Waals surface area contributed by atoms with E-state index in [2.05, 4.69) is 26.8 Å². The van der Waals surface area contributed by atoms with Gasteiger partial charge >= 0.3 is 0 Å². The van der Waals surface area contributed by atoms with E-state index in [1.54, 1.807) is 5.57 Å². The second kappa shape index (κ2) is 5.81. The molecule has 5 rings (SSSR count). The summed E-state index contributed by atoms with van der Waals surface area (Å²) in [5, 5.41) is 10.2. The summed E-state index contributed by atoms with van der Waals surface area (Å²) in [6.45, 7) is 8.78. The second-order valence-corrected chi connectivity index (χ2v) is 10.5. The molecule has 0 aromatic rings. The molecule has 0 unspecified atom stereocenters. The van der Waals surface area contributed by atoms with E-state index in [-0.39, 0.29) is 11.9 Å². The van der Waals surface area contributed by atoms with E-state index in [1.807, 2.05) is 0 Å². The summed E-state index contributed by atoms with van der Waals surface area (Å²) in [6, 6.07) is 0. The van der Waals surface area contributed by atoms with Crippen LogP contribution in [0.4, 0.5) is 0 Å². The Morgan fingerprint density at radius 1 is 0.962 bits per heavy atom. The fraction of sp³-hybridized carbons (Fsp3) is 0.913. The van der Waals surface area contributed by atoms with Crippen LogP contribution in [-0.4, -0.2) is 30.2 Å². The lowest BCUT2D eigenvalue weighted by Gasteiger charge is -2.58. The van der Waals surface area contributed by atoms with Gasteiger partial charge in [-0.1, -0.05) is 25.5 Å². The zero-order chi connectivity index (χ0) is 18.2. The van der Waals surface area contributed by atoms with Crippen molar-refractivity contribution in [1.29, 1.82) is 0 Å². The molecule has 3 heteroatoms. The Bertz CT molecular complexity index is 607. The van der Waals surface area contributed by atoms with Gasteiger partial charge in [-0.15, -0.1) is 0 Å². The topological polar surface area (TPSA) is 38.7 Å². The molecule has 1 aliphatic heterocycles. The zero-order valence-corrected chi connectivity index (χ0v) is 16.8. The average molecular weight is 361 g/mol. The quantitative estimate of drug-likeness (QED) is 0.690. The fourth-order valence-electron chi connectivity index (χ4n) is 8.23. The Morgan fingerprint density at radius 2 is 1.73 bits per heavy atom. The highest BCUT2D eigenvalue weighted by molar-refractivity contribution is 5.25. The molecule has 4 fully saturated rings. The number of aliphatic hydroxyl groups is 1. The van der Waals surface area contributed by atoms with Crippen LogP contribution in [-0.2, 0) is 9.47 Å². The summed E-state index contributed by atoms with van der Waals surface area (Å²) in [5.41, 5.74) is 2.27. The number of fused-ring (bicyclic) bond motifs is 5. The van der Waals surface area contributed by atoms with E-state index < -0.39 is 0 Å². The first kappa shape index (κ1) is 17.7. The first-order chi connectivity index (χ1) is 12.4. The van der Waals surface area contributed by atoms with Crippen LogP contribution in [0.2, 0.25) is 0 Å². The largest absolute Gasteiger partial charge is 0.393 e. The first-order valence-corrected chi connectivity index (χ1v) is 11.0. The zero-order valence-electron chi connectivity index (χ0n) is 16.8. The molecule has 26 heavy (non-hydrogen) atoms. The van der Waals surface area contributed by atoms with Crippen molar-refractivity contribution in [2.45, 2.75) is 84.0 Å². The summed E-state index contributed by atoms with van der Waals surface area (Å²) in [6.07, 6.45) is 12.0. The number of rotatable bonds is 1. The van der Waals surface area contributed by atoms with Gasteiger partial charge in [0.25, 0.3) is 0 Å². The van der Waals surface area contributed by atoms with Crippen LogP contribution in [0.1, 0.15) is 72.1 Å². The van der Waals surface area contributed by atoms with Gasteiger partial charge in [-0.2, -0.15) is 0 Å². The first-order valence-electron chi connectivity index (χ1n) is 11.0. The van der Waals surface area contributed by atoms with Crippen molar-refractivity contribution >= 4 is 0 Å². The van der Waals surface area contributed by atoms with E-state index in [4.69, 9.17) is 9.47 Å². The molecule has 0 bridgehead atoms. The van der Waals surface area contributed by atoms with Crippen molar-refractivity contribution in [2.24, 2.45) is 34.5 Å². The van der Waals surface area contributed by atoms with Gasteiger partial charge in [-0.25, -0.2) is 0 Å². The van der Waals surface area contributed by atoms with E-state index in [0.29, 0.717) is 16.7 Å². The molecule has 7 atom stereocenters. The average Bonchev–Trinajstić information content (AvgIpc) is 3.19. The van der Waals surface area contributed by atoms with Gasteiger partial charge in [0.15, 0.2) is 5.79 Å². The van der Waals surface area contributed by atoms with Gasteiger partial charge in [0, 0.05) is 5.92 Å². The van der Waals surface area contributed by atoms with Crippen LogP contribution < -0.4 is 0 Å². The van der Waals surface area contributed by atoms with E-state index >= 15 is 0 Å². The third-order valence-electron chi connectivity index (χ3n) is 9.57. The van der Waals surface area contributed by atoms with Crippen LogP contribution in [0.5, 0.6) is 0 Å². The standard InChI is InChI=1S/C23H36O3/c1-21-10-8-16(24)14-15(21)4-5-17-18-6-7-20(23(3)25-12-13-26-23)22(18,2)11-9-19(17)21/h4,16-20,24H,5-14H2,1-3H3/t16-,17-,18-,19-,20-,21+,22-/m1/s1. The van der Waals surface area contributed by atoms with E-state index in [0.717, 1.165) is 43.8 Å². The van der Waals surface area contributed by atoms with Crippen molar-refractivity contribution in [1.82, 2.24) is 0 Å². The molecule has 1 heterocycles. The van der Waals surface area contributed by atoms with Crippen LogP contribution in [0.25, 0.3) is 0 Å². The highest BCUT2D eigenvalue weighted by atomic mass is 16.7. The maximum atomic E-state index is 10.2. The molecule has 0 aromatic heterocycles. The molecule has 1 N–H and O–H groups in total. The van der Waals surface area contributed by atoms with Gasteiger partial charge in [-0.3, -0.25) is 0 Å². The van der Waals surface area contributed by atoms with Crippen LogP contribution >= 0.6 is 0 Å². The van der Waals surface area contributed by atoms with Crippen molar-refractivity contribution < 1.29 is 14.6 Å². The molecule has 0 amide bonds. The number of aliphatic hydroxyl groups excluding tert-OH is 1. The maximum absolute atomic E-state index is 10.2. The van der Waals surface area contributed by atoms with Gasteiger partial charge in [0.1, 0.15) is 0 Å². The fourth-order valence-corrected chi connectivity index (χ4v) is 8.23. The van der Waals surface area contributed by atoms with Gasteiger partial charge in [0.05, 0.1) is 19.3 Å². The summed E-state index contributed by atoms with van der Waals surface area (Å²) in [7, 11) is 0. The van der Waals surface area contributed by atoms with Crippen molar-refractivity contribution in [3.63, 3.8) is 0 Å².